The molecule has 0 spiro atoms. The van der Waals surface area contributed by atoms with E-state index >= 15 is 0 Å². The van der Waals surface area contributed by atoms with Crippen molar-refractivity contribution in [1.29, 1.82) is 0 Å². The lowest BCUT2D eigenvalue weighted by atomic mass is 9.93. The molecule has 2 aliphatic rings. The molecule has 0 saturated carbocycles. The first-order valence-corrected chi connectivity index (χ1v) is 5.66. The summed E-state index contributed by atoms with van der Waals surface area (Å²) in [6.07, 6.45) is 0.501. The topological polar surface area (TPSA) is 30.5 Å². The van der Waals surface area contributed by atoms with Crippen LogP contribution in [0.1, 0.15) is 12.0 Å². The van der Waals surface area contributed by atoms with Crippen LogP contribution in [0.5, 0.6) is 11.5 Å². The summed E-state index contributed by atoms with van der Waals surface area (Å²) in [7, 11) is 0. The Bertz CT molecular complexity index is 431. The minimum atomic E-state index is -2.82. The molecule has 0 aromatic heterocycles. The van der Waals surface area contributed by atoms with Crippen molar-refractivity contribution < 1.29 is 18.3 Å². The van der Waals surface area contributed by atoms with Gasteiger partial charge in [-0.25, -0.2) is 8.78 Å². The number of fused-ring (bicyclic) bond motifs is 1. The van der Waals surface area contributed by atoms with Gasteiger partial charge in [0, 0.05) is 18.0 Å². The Hall–Kier alpha value is -1.36. The normalized spacial score (nSPS) is 23.1. The maximum atomic E-state index is 14.2. The molecule has 3 nitrogen and oxygen atoms in total. The molecule has 5 heteroatoms. The first kappa shape index (κ1) is 10.8. The van der Waals surface area contributed by atoms with Gasteiger partial charge in [-0.05, 0) is 31.2 Å². The molecule has 0 radical (unpaired) electrons. The molecule has 17 heavy (non-hydrogen) atoms. The summed E-state index contributed by atoms with van der Waals surface area (Å²) in [5.41, 5.74) is 0.00968. The molecule has 1 unspecified atom stereocenters. The van der Waals surface area contributed by atoms with Crippen LogP contribution in [0.4, 0.5) is 8.78 Å². The SMILES string of the molecule is FC(F)(c1ccc2c(c1)OCO2)C1CCNC1. The Morgan fingerprint density at radius 3 is 2.82 bits per heavy atom. The van der Waals surface area contributed by atoms with Crippen LogP contribution >= 0.6 is 0 Å². The van der Waals surface area contributed by atoms with Gasteiger partial charge in [-0.3, -0.25) is 0 Å². The minimum absolute atomic E-state index is 0.00968. The molecule has 0 aliphatic carbocycles. The molecule has 3 rings (SSSR count). The van der Waals surface area contributed by atoms with Crippen LogP contribution < -0.4 is 14.8 Å². The Balaban J connectivity index is 1.92. The molecule has 1 fully saturated rings. The molecule has 2 heterocycles. The summed E-state index contributed by atoms with van der Waals surface area (Å²) in [6, 6.07) is 4.36. The number of halogens is 2. The molecule has 1 aromatic carbocycles. The van der Waals surface area contributed by atoms with E-state index in [1.54, 1.807) is 6.07 Å². The van der Waals surface area contributed by atoms with Crippen molar-refractivity contribution in [2.24, 2.45) is 5.92 Å². The largest absolute Gasteiger partial charge is 0.454 e. The standard InChI is InChI=1S/C12H13F2NO2/c13-12(14,9-3-4-15-6-9)8-1-2-10-11(5-8)17-7-16-10/h1-2,5,9,15H,3-4,6-7H2. The third-order valence-electron chi connectivity index (χ3n) is 3.33. The van der Waals surface area contributed by atoms with Gasteiger partial charge in [0.2, 0.25) is 6.79 Å². The number of hydrogen-bond donors (Lipinski definition) is 1. The summed E-state index contributed by atoms with van der Waals surface area (Å²) in [4.78, 5) is 0. The number of rotatable bonds is 2. The first-order chi connectivity index (χ1) is 8.18. The molecule has 1 saturated heterocycles. The monoisotopic (exact) mass is 241 g/mol. The van der Waals surface area contributed by atoms with Crippen molar-refractivity contribution in [1.82, 2.24) is 5.32 Å². The summed E-state index contributed by atoms with van der Waals surface area (Å²) in [5.74, 6) is -2.50. The second-order valence-corrected chi connectivity index (χ2v) is 4.38. The quantitative estimate of drug-likeness (QED) is 0.860. The maximum Gasteiger partial charge on any atom is 0.277 e. The van der Waals surface area contributed by atoms with Gasteiger partial charge in [0.25, 0.3) is 5.92 Å². The van der Waals surface area contributed by atoms with Gasteiger partial charge in [-0.15, -0.1) is 0 Å². The van der Waals surface area contributed by atoms with Gasteiger partial charge in [-0.2, -0.15) is 0 Å². The van der Waals surface area contributed by atoms with Gasteiger partial charge in [0.05, 0.1) is 0 Å². The summed E-state index contributed by atoms with van der Waals surface area (Å²) >= 11 is 0. The number of alkyl halides is 2. The highest BCUT2D eigenvalue weighted by molar-refractivity contribution is 5.45. The Kier molecular flexibility index (Phi) is 2.43. The minimum Gasteiger partial charge on any atom is -0.454 e. The fourth-order valence-electron chi connectivity index (χ4n) is 2.30. The zero-order valence-electron chi connectivity index (χ0n) is 9.21. The summed E-state index contributed by atoms with van der Waals surface area (Å²) < 4.78 is 38.6. The van der Waals surface area contributed by atoms with Gasteiger partial charge in [0.1, 0.15) is 0 Å². The molecular formula is C12H13F2NO2. The number of ether oxygens (including phenoxy) is 2. The molecule has 92 valence electrons. The Labute approximate surface area is 97.7 Å². The Morgan fingerprint density at radius 1 is 1.24 bits per heavy atom. The highest BCUT2D eigenvalue weighted by atomic mass is 19.3. The van der Waals surface area contributed by atoms with E-state index in [9.17, 15) is 8.78 Å². The van der Waals surface area contributed by atoms with Crippen LogP contribution in [-0.4, -0.2) is 19.9 Å². The fraction of sp³-hybridized carbons (Fsp3) is 0.500. The van der Waals surface area contributed by atoms with Crippen LogP contribution in [0.3, 0.4) is 0 Å². The van der Waals surface area contributed by atoms with Crippen molar-refractivity contribution in [3.05, 3.63) is 23.8 Å². The van der Waals surface area contributed by atoms with Crippen molar-refractivity contribution in [3.8, 4) is 11.5 Å². The third-order valence-corrected chi connectivity index (χ3v) is 3.33. The van der Waals surface area contributed by atoms with E-state index in [0.29, 0.717) is 31.0 Å². The average Bonchev–Trinajstić information content (AvgIpc) is 2.99. The predicted molar refractivity (Wildman–Crippen MR) is 57.4 cm³/mol. The van der Waals surface area contributed by atoms with E-state index in [-0.39, 0.29) is 12.4 Å². The Morgan fingerprint density at radius 2 is 2.06 bits per heavy atom. The molecule has 1 aromatic rings. The van der Waals surface area contributed by atoms with Crippen LogP contribution in [-0.2, 0) is 5.92 Å². The summed E-state index contributed by atoms with van der Waals surface area (Å²) in [6.45, 7) is 1.13. The van der Waals surface area contributed by atoms with Crippen LogP contribution in [0.25, 0.3) is 0 Å². The molecule has 2 aliphatic heterocycles. The van der Waals surface area contributed by atoms with Crippen molar-refractivity contribution >= 4 is 0 Å². The van der Waals surface area contributed by atoms with Gasteiger partial charge in [0.15, 0.2) is 11.5 Å². The van der Waals surface area contributed by atoms with E-state index in [0.717, 1.165) is 0 Å². The first-order valence-electron chi connectivity index (χ1n) is 5.66. The van der Waals surface area contributed by atoms with E-state index in [2.05, 4.69) is 5.32 Å². The molecule has 1 N–H and O–H groups in total. The predicted octanol–water partition coefficient (Wildman–Crippen LogP) is 2.12. The van der Waals surface area contributed by atoms with Crippen LogP contribution in [0.2, 0.25) is 0 Å². The van der Waals surface area contributed by atoms with E-state index in [1.807, 2.05) is 0 Å². The van der Waals surface area contributed by atoms with Crippen molar-refractivity contribution in [3.63, 3.8) is 0 Å². The molecule has 1 atom stereocenters. The highest BCUT2D eigenvalue weighted by Crippen LogP contribution is 2.43. The van der Waals surface area contributed by atoms with Crippen LogP contribution in [0, 0.1) is 5.92 Å². The highest BCUT2D eigenvalue weighted by Gasteiger charge is 2.43. The van der Waals surface area contributed by atoms with E-state index in [1.165, 1.54) is 12.1 Å². The van der Waals surface area contributed by atoms with Crippen LogP contribution in [0.15, 0.2) is 18.2 Å². The molecular weight excluding hydrogens is 228 g/mol. The molecule has 0 amide bonds. The number of nitrogens with one attached hydrogen (secondary N) is 1. The van der Waals surface area contributed by atoms with Crippen molar-refractivity contribution in [2.75, 3.05) is 19.9 Å². The summed E-state index contributed by atoms with van der Waals surface area (Å²) in [5, 5.41) is 2.96. The van der Waals surface area contributed by atoms with E-state index in [4.69, 9.17) is 9.47 Å². The number of hydrogen-bond acceptors (Lipinski definition) is 3. The second kappa shape index (κ2) is 3.84. The third kappa shape index (κ3) is 1.74. The smallest absolute Gasteiger partial charge is 0.277 e. The lowest BCUT2D eigenvalue weighted by molar-refractivity contribution is -0.0576. The fourth-order valence-corrected chi connectivity index (χ4v) is 2.30. The second-order valence-electron chi connectivity index (χ2n) is 4.38. The average molecular weight is 241 g/mol. The zero-order valence-corrected chi connectivity index (χ0v) is 9.21. The van der Waals surface area contributed by atoms with Gasteiger partial charge in [-0.1, -0.05) is 0 Å². The molecule has 0 bridgehead atoms. The number of benzene rings is 1. The van der Waals surface area contributed by atoms with Gasteiger partial charge >= 0.3 is 0 Å². The van der Waals surface area contributed by atoms with Gasteiger partial charge < -0.3 is 14.8 Å². The zero-order chi connectivity index (χ0) is 11.9. The lowest BCUT2D eigenvalue weighted by Gasteiger charge is -2.23. The van der Waals surface area contributed by atoms with E-state index < -0.39 is 11.8 Å². The maximum absolute atomic E-state index is 14.2. The van der Waals surface area contributed by atoms with Crippen molar-refractivity contribution in [2.45, 2.75) is 12.3 Å². The lowest BCUT2D eigenvalue weighted by Crippen LogP contribution is -2.27.